The van der Waals surface area contributed by atoms with E-state index in [4.69, 9.17) is 0 Å². The van der Waals surface area contributed by atoms with Crippen LogP contribution in [0.1, 0.15) is 0 Å². The predicted octanol–water partition coefficient (Wildman–Crippen LogP) is 8.07. The molecule has 140 valence electrons. The summed E-state index contributed by atoms with van der Waals surface area (Å²) in [4.78, 5) is 0. The van der Waals surface area contributed by atoms with E-state index in [1.165, 1.54) is 6.07 Å². The topological polar surface area (TPSA) is 0 Å². The van der Waals surface area contributed by atoms with Crippen LogP contribution in [0.3, 0.4) is 0 Å². The van der Waals surface area contributed by atoms with Crippen molar-refractivity contribution in [3.8, 4) is 0 Å². The minimum Gasteiger partial charge on any atom is -0.203 e. The minimum absolute atomic E-state index is 0.231. The smallest absolute Gasteiger partial charge is 0.198 e. The molecular formula is C24H10F4S. The van der Waals surface area contributed by atoms with Crippen LogP contribution in [-0.4, -0.2) is 0 Å². The lowest BCUT2D eigenvalue weighted by molar-refractivity contribution is 0.418. The average Bonchev–Trinajstić information content (AvgIpc) is 3.23. The van der Waals surface area contributed by atoms with Gasteiger partial charge in [0, 0.05) is 26.2 Å². The zero-order chi connectivity index (χ0) is 19.9. The van der Waals surface area contributed by atoms with Crippen LogP contribution >= 0.6 is 11.3 Å². The molecule has 1 heterocycles. The quantitative estimate of drug-likeness (QED) is 0.104. The van der Waals surface area contributed by atoms with Crippen LogP contribution in [-0.2, 0) is 0 Å². The Morgan fingerprint density at radius 2 is 0.966 bits per heavy atom. The van der Waals surface area contributed by atoms with Crippen LogP contribution in [0.25, 0.3) is 53.2 Å². The fourth-order valence-electron chi connectivity index (χ4n) is 4.30. The minimum atomic E-state index is -1.79. The van der Waals surface area contributed by atoms with Gasteiger partial charge in [-0.2, -0.15) is 0 Å². The summed E-state index contributed by atoms with van der Waals surface area (Å²) in [6, 6.07) is 16.5. The summed E-state index contributed by atoms with van der Waals surface area (Å²) in [6.07, 6.45) is 0. The maximum Gasteiger partial charge on any atom is 0.198 e. The Bertz CT molecular complexity index is 1640. The zero-order valence-corrected chi connectivity index (χ0v) is 15.5. The van der Waals surface area contributed by atoms with E-state index in [1.807, 2.05) is 41.8 Å². The maximum absolute atomic E-state index is 15.0. The van der Waals surface area contributed by atoms with Crippen LogP contribution in [0.5, 0.6) is 0 Å². The molecule has 0 aliphatic heterocycles. The second-order valence-corrected chi connectivity index (χ2v) is 7.99. The number of halogens is 4. The van der Waals surface area contributed by atoms with Crippen molar-refractivity contribution in [2.24, 2.45) is 0 Å². The molecule has 0 N–H and O–H groups in total. The first-order chi connectivity index (χ1) is 14.1. The van der Waals surface area contributed by atoms with Gasteiger partial charge in [-0.25, -0.2) is 17.6 Å². The molecule has 5 heteroatoms. The van der Waals surface area contributed by atoms with Gasteiger partial charge in [0.2, 0.25) is 0 Å². The zero-order valence-electron chi connectivity index (χ0n) is 14.7. The summed E-state index contributed by atoms with van der Waals surface area (Å²) < 4.78 is 58.5. The van der Waals surface area contributed by atoms with Crippen molar-refractivity contribution in [2.45, 2.75) is 0 Å². The third-order valence-electron chi connectivity index (χ3n) is 5.60. The van der Waals surface area contributed by atoms with Gasteiger partial charge >= 0.3 is 0 Å². The van der Waals surface area contributed by atoms with Gasteiger partial charge in [-0.1, -0.05) is 48.5 Å². The molecule has 0 atom stereocenters. The third-order valence-corrected chi connectivity index (χ3v) is 6.55. The Morgan fingerprint density at radius 3 is 1.66 bits per heavy atom. The van der Waals surface area contributed by atoms with Crippen molar-refractivity contribution in [1.82, 2.24) is 0 Å². The van der Waals surface area contributed by atoms with Crippen molar-refractivity contribution in [2.75, 3.05) is 0 Å². The highest BCUT2D eigenvalue weighted by Gasteiger charge is 2.23. The molecule has 6 aromatic rings. The Hall–Kier alpha value is -3.18. The van der Waals surface area contributed by atoms with Gasteiger partial charge in [-0.05, 0) is 38.4 Å². The Morgan fingerprint density at radius 1 is 0.448 bits per heavy atom. The monoisotopic (exact) mass is 406 g/mol. The molecule has 0 aliphatic rings. The SMILES string of the molecule is Fc1c(F)c(F)c2c(ccc3ccc4ccc5ccc6ccsc6c5c4c32)c1F. The molecular weight excluding hydrogens is 396 g/mol. The van der Waals surface area contributed by atoms with Crippen LogP contribution in [0.2, 0.25) is 0 Å². The Kier molecular flexibility index (Phi) is 3.28. The molecule has 0 aliphatic carbocycles. The summed E-state index contributed by atoms with van der Waals surface area (Å²) in [5, 5.41) is 6.92. The van der Waals surface area contributed by atoms with Crippen molar-refractivity contribution in [3.63, 3.8) is 0 Å². The van der Waals surface area contributed by atoms with E-state index in [0.29, 0.717) is 16.2 Å². The fourth-order valence-corrected chi connectivity index (χ4v) is 5.26. The fraction of sp³-hybridized carbons (Fsp3) is 0. The summed E-state index contributed by atoms with van der Waals surface area (Å²) in [7, 11) is 0. The normalized spacial score (nSPS) is 12.1. The van der Waals surface area contributed by atoms with Gasteiger partial charge in [0.25, 0.3) is 0 Å². The number of fused-ring (bicyclic) bond motifs is 9. The largest absolute Gasteiger partial charge is 0.203 e. The molecule has 0 radical (unpaired) electrons. The van der Waals surface area contributed by atoms with Gasteiger partial charge in [0.05, 0.1) is 0 Å². The van der Waals surface area contributed by atoms with Crippen molar-refractivity contribution in [3.05, 3.63) is 83.2 Å². The lowest BCUT2D eigenvalue weighted by Crippen LogP contribution is -1.99. The molecule has 0 bridgehead atoms. The summed E-state index contributed by atoms with van der Waals surface area (Å²) in [6.45, 7) is 0. The average molecular weight is 406 g/mol. The molecule has 6 rings (SSSR count). The first kappa shape index (κ1) is 16.7. The van der Waals surface area contributed by atoms with Gasteiger partial charge in [-0.3, -0.25) is 0 Å². The van der Waals surface area contributed by atoms with E-state index in [9.17, 15) is 17.6 Å². The van der Waals surface area contributed by atoms with E-state index < -0.39 is 23.3 Å². The molecule has 0 saturated carbocycles. The molecule has 0 nitrogen and oxygen atoms in total. The van der Waals surface area contributed by atoms with Crippen molar-refractivity contribution in [1.29, 1.82) is 0 Å². The van der Waals surface area contributed by atoms with Crippen LogP contribution < -0.4 is 0 Å². The molecule has 29 heavy (non-hydrogen) atoms. The Balaban J connectivity index is 2.04. The van der Waals surface area contributed by atoms with Crippen LogP contribution in [0, 0.1) is 23.3 Å². The first-order valence-electron chi connectivity index (χ1n) is 8.96. The van der Waals surface area contributed by atoms with E-state index in [2.05, 4.69) is 0 Å². The molecule has 0 unspecified atom stereocenters. The predicted molar refractivity (Wildman–Crippen MR) is 112 cm³/mol. The second-order valence-electron chi connectivity index (χ2n) is 7.07. The number of benzene rings is 5. The van der Waals surface area contributed by atoms with Gasteiger partial charge in [0.15, 0.2) is 23.3 Å². The summed E-state index contributed by atoms with van der Waals surface area (Å²) in [5.41, 5.74) is 0. The highest BCUT2D eigenvalue weighted by Crippen LogP contribution is 2.42. The van der Waals surface area contributed by atoms with E-state index >= 15 is 0 Å². The van der Waals surface area contributed by atoms with E-state index in [1.54, 1.807) is 23.5 Å². The number of rotatable bonds is 0. The van der Waals surface area contributed by atoms with E-state index in [0.717, 1.165) is 26.2 Å². The standard InChI is InChI=1S/C24H10F4S/c25-20-15-8-7-12-2-1-11-3-4-13-5-6-14-9-10-29-24(14)18(13)16(11)17(12)19(15)21(26)23(28)22(20)27/h1-10H. The number of hydrogen-bond donors (Lipinski definition) is 0. The summed E-state index contributed by atoms with van der Waals surface area (Å²) >= 11 is 1.56. The van der Waals surface area contributed by atoms with Crippen LogP contribution in [0.4, 0.5) is 17.6 Å². The lowest BCUT2D eigenvalue weighted by Gasteiger charge is -2.13. The molecule has 0 amide bonds. The van der Waals surface area contributed by atoms with Gasteiger partial charge < -0.3 is 0 Å². The summed E-state index contributed by atoms with van der Waals surface area (Å²) in [5.74, 6) is -6.33. The highest BCUT2D eigenvalue weighted by atomic mass is 32.1. The van der Waals surface area contributed by atoms with Crippen LogP contribution in [0.15, 0.2) is 60.0 Å². The lowest BCUT2D eigenvalue weighted by atomic mass is 9.92. The van der Waals surface area contributed by atoms with Crippen molar-refractivity contribution >= 4 is 64.5 Å². The highest BCUT2D eigenvalue weighted by molar-refractivity contribution is 7.18. The van der Waals surface area contributed by atoms with Crippen molar-refractivity contribution < 1.29 is 17.6 Å². The molecule has 5 aromatic carbocycles. The Labute approximate surface area is 165 Å². The van der Waals surface area contributed by atoms with Gasteiger partial charge in [0.1, 0.15) is 0 Å². The number of hydrogen-bond acceptors (Lipinski definition) is 1. The number of thiophene rings is 1. The third kappa shape index (κ3) is 2.08. The molecule has 1 aromatic heterocycles. The molecule has 0 spiro atoms. The molecule has 0 saturated heterocycles. The van der Waals surface area contributed by atoms with Gasteiger partial charge in [-0.15, -0.1) is 11.3 Å². The van der Waals surface area contributed by atoms with E-state index in [-0.39, 0.29) is 10.8 Å². The molecule has 0 fully saturated rings. The maximum atomic E-state index is 15.0. The first-order valence-corrected chi connectivity index (χ1v) is 9.84. The second kappa shape index (κ2) is 5.67.